The molecule has 1 N–H and O–H groups in total. The van der Waals surface area contributed by atoms with Crippen LogP contribution in [0.3, 0.4) is 0 Å². The number of aryl methyl sites for hydroxylation is 2. The van der Waals surface area contributed by atoms with E-state index in [1.165, 1.54) is 11.3 Å². The van der Waals surface area contributed by atoms with Crippen molar-refractivity contribution in [3.63, 3.8) is 0 Å². The van der Waals surface area contributed by atoms with E-state index < -0.39 is 0 Å². The first-order valence-electron chi connectivity index (χ1n) is 7.38. The first kappa shape index (κ1) is 15.4. The first-order chi connectivity index (χ1) is 11.2. The fourth-order valence-electron chi connectivity index (χ4n) is 1.96. The second-order valence-electron chi connectivity index (χ2n) is 5.04. The van der Waals surface area contributed by atoms with Gasteiger partial charge >= 0.3 is 0 Å². The van der Waals surface area contributed by atoms with Gasteiger partial charge in [-0.3, -0.25) is 5.43 Å². The van der Waals surface area contributed by atoms with Crippen molar-refractivity contribution in [3.8, 4) is 11.5 Å². The van der Waals surface area contributed by atoms with Crippen molar-refractivity contribution >= 4 is 22.7 Å². The number of hydrazone groups is 1. The van der Waals surface area contributed by atoms with E-state index in [0.717, 1.165) is 34.8 Å². The molecule has 3 aromatic rings. The van der Waals surface area contributed by atoms with Gasteiger partial charge in [-0.2, -0.15) is 5.10 Å². The number of hydrogen-bond donors (Lipinski definition) is 1. The molecule has 1 aromatic carbocycles. The number of nitrogens with one attached hydrogen (secondary N) is 1. The Labute approximate surface area is 138 Å². The lowest BCUT2D eigenvalue weighted by molar-refractivity contribution is 0.502. The maximum absolute atomic E-state index is 5.62. The molecule has 0 spiro atoms. The normalized spacial score (nSPS) is 11.2. The predicted molar refractivity (Wildman–Crippen MR) is 91.8 cm³/mol. The van der Waals surface area contributed by atoms with E-state index in [1.807, 2.05) is 36.6 Å². The minimum absolute atomic E-state index is 0.549. The fraction of sp³-hybridized carbons (Fsp3) is 0.250. The van der Waals surface area contributed by atoms with Crippen LogP contribution in [0.5, 0.6) is 0 Å². The summed E-state index contributed by atoms with van der Waals surface area (Å²) in [6, 6.07) is 7.80. The summed E-state index contributed by atoms with van der Waals surface area (Å²) < 4.78 is 5.62. The molecule has 6 nitrogen and oxygen atoms in total. The zero-order valence-electron chi connectivity index (χ0n) is 13.0. The van der Waals surface area contributed by atoms with E-state index in [-0.39, 0.29) is 0 Å². The first-order valence-corrected chi connectivity index (χ1v) is 8.26. The molecule has 0 saturated heterocycles. The average Bonchev–Trinajstić information content (AvgIpc) is 3.18. The highest BCUT2D eigenvalue weighted by Crippen LogP contribution is 2.18. The Morgan fingerprint density at radius 2 is 2.09 bits per heavy atom. The maximum Gasteiger partial charge on any atom is 0.247 e. The van der Waals surface area contributed by atoms with Crippen LogP contribution in [0.25, 0.3) is 11.5 Å². The van der Waals surface area contributed by atoms with Gasteiger partial charge in [-0.1, -0.05) is 19.1 Å². The van der Waals surface area contributed by atoms with Gasteiger partial charge in [0.05, 0.1) is 11.9 Å². The predicted octanol–water partition coefficient (Wildman–Crippen LogP) is 3.90. The van der Waals surface area contributed by atoms with Gasteiger partial charge in [-0.05, 0) is 31.0 Å². The highest BCUT2D eigenvalue weighted by Gasteiger charge is 2.07. The second-order valence-corrected chi connectivity index (χ2v) is 5.90. The van der Waals surface area contributed by atoms with Crippen molar-refractivity contribution in [3.05, 3.63) is 46.8 Å². The topological polar surface area (TPSA) is 76.2 Å². The van der Waals surface area contributed by atoms with Crippen LogP contribution in [-0.4, -0.2) is 21.4 Å². The van der Waals surface area contributed by atoms with Crippen molar-refractivity contribution in [2.45, 2.75) is 26.7 Å². The molecule has 23 heavy (non-hydrogen) atoms. The molecule has 3 rings (SSSR count). The SMILES string of the molecule is CCCc1nnc(-c2ccc(C=NNc3nc(C)cs3)cc2)o1. The lowest BCUT2D eigenvalue weighted by Gasteiger charge is -1.97. The Balaban J connectivity index is 1.64. The molecule has 2 heterocycles. The third-order valence-corrected chi connectivity index (χ3v) is 3.95. The van der Waals surface area contributed by atoms with Gasteiger partial charge in [-0.15, -0.1) is 21.5 Å². The van der Waals surface area contributed by atoms with Crippen LogP contribution in [0, 0.1) is 6.92 Å². The minimum Gasteiger partial charge on any atom is -0.421 e. The number of nitrogens with zero attached hydrogens (tertiary/aromatic N) is 4. The third-order valence-electron chi connectivity index (χ3n) is 3.08. The zero-order valence-corrected chi connectivity index (χ0v) is 13.8. The van der Waals surface area contributed by atoms with Crippen LogP contribution in [0.1, 0.15) is 30.5 Å². The largest absolute Gasteiger partial charge is 0.421 e. The molecule has 0 amide bonds. The van der Waals surface area contributed by atoms with E-state index >= 15 is 0 Å². The summed E-state index contributed by atoms with van der Waals surface area (Å²) in [5, 5.41) is 15.0. The summed E-state index contributed by atoms with van der Waals surface area (Å²) in [7, 11) is 0. The van der Waals surface area contributed by atoms with E-state index in [0.29, 0.717) is 11.8 Å². The van der Waals surface area contributed by atoms with Crippen LogP contribution in [0.15, 0.2) is 39.2 Å². The summed E-state index contributed by atoms with van der Waals surface area (Å²) in [5.74, 6) is 1.23. The Hall–Kier alpha value is -2.54. The Kier molecular flexibility index (Phi) is 4.77. The molecule has 0 bridgehead atoms. The molecule has 0 fully saturated rings. The van der Waals surface area contributed by atoms with Crippen molar-refractivity contribution < 1.29 is 4.42 Å². The number of thiazole rings is 1. The van der Waals surface area contributed by atoms with Gasteiger partial charge in [0, 0.05) is 17.4 Å². The molecule has 0 aliphatic rings. The fourth-order valence-corrected chi connectivity index (χ4v) is 2.60. The van der Waals surface area contributed by atoms with Crippen LogP contribution in [-0.2, 0) is 6.42 Å². The molecule has 0 aliphatic carbocycles. The Morgan fingerprint density at radius 1 is 1.26 bits per heavy atom. The second kappa shape index (κ2) is 7.15. The number of anilines is 1. The average molecular weight is 327 g/mol. The van der Waals surface area contributed by atoms with E-state index in [9.17, 15) is 0 Å². The van der Waals surface area contributed by atoms with Gasteiger partial charge in [-0.25, -0.2) is 4.98 Å². The monoisotopic (exact) mass is 327 g/mol. The molecule has 7 heteroatoms. The third kappa shape index (κ3) is 4.01. The lowest BCUT2D eigenvalue weighted by Crippen LogP contribution is -1.90. The number of rotatable bonds is 6. The van der Waals surface area contributed by atoms with E-state index in [1.54, 1.807) is 6.21 Å². The van der Waals surface area contributed by atoms with Crippen LogP contribution in [0.4, 0.5) is 5.13 Å². The molecule has 2 aromatic heterocycles. The lowest BCUT2D eigenvalue weighted by atomic mass is 10.1. The minimum atomic E-state index is 0.549. The molecule has 0 saturated carbocycles. The molecule has 118 valence electrons. The van der Waals surface area contributed by atoms with Crippen molar-refractivity contribution in [2.75, 3.05) is 5.43 Å². The Morgan fingerprint density at radius 3 is 2.78 bits per heavy atom. The molecule has 0 aliphatic heterocycles. The molecular formula is C16H17N5OS. The van der Waals surface area contributed by atoms with Crippen LogP contribution < -0.4 is 5.43 Å². The van der Waals surface area contributed by atoms with Crippen molar-refractivity contribution in [1.82, 2.24) is 15.2 Å². The molecule has 0 atom stereocenters. The number of aromatic nitrogens is 3. The molecular weight excluding hydrogens is 310 g/mol. The summed E-state index contributed by atoms with van der Waals surface area (Å²) in [6.45, 7) is 4.03. The maximum atomic E-state index is 5.62. The Bertz CT molecular complexity index is 791. The summed E-state index contributed by atoms with van der Waals surface area (Å²) in [5.41, 5.74) is 5.78. The van der Waals surface area contributed by atoms with Gasteiger partial charge in [0.1, 0.15) is 0 Å². The smallest absolute Gasteiger partial charge is 0.247 e. The van der Waals surface area contributed by atoms with Gasteiger partial charge in [0.15, 0.2) is 0 Å². The summed E-state index contributed by atoms with van der Waals surface area (Å²) in [4.78, 5) is 4.28. The zero-order chi connectivity index (χ0) is 16.1. The highest BCUT2D eigenvalue weighted by molar-refractivity contribution is 7.13. The van der Waals surface area contributed by atoms with Crippen molar-refractivity contribution in [1.29, 1.82) is 0 Å². The van der Waals surface area contributed by atoms with Gasteiger partial charge in [0.25, 0.3) is 0 Å². The van der Waals surface area contributed by atoms with Crippen molar-refractivity contribution in [2.24, 2.45) is 5.10 Å². The highest BCUT2D eigenvalue weighted by atomic mass is 32.1. The standard InChI is InChI=1S/C16H17N5OS/c1-3-4-14-19-20-15(22-14)13-7-5-12(6-8-13)9-17-21-16-18-11(2)10-23-16/h5-10H,3-4H2,1-2H3,(H,18,21). The summed E-state index contributed by atoms with van der Waals surface area (Å²) >= 11 is 1.53. The quantitative estimate of drug-likeness (QED) is 0.549. The van der Waals surface area contributed by atoms with Gasteiger partial charge in [0.2, 0.25) is 16.9 Å². The number of benzene rings is 1. The number of hydrogen-bond acceptors (Lipinski definition) is 7. The van der Waals surface area contributed by atoms with Crippen LogP contribution >= 0.6 is 11.3 Å². The summed E-state index contributed by atoms with van der Waals surface area (Å²) in [6.07, 6.45) is 3.54. The molecule has 0 unspecified atom stereocenters. The van der Waals surface area contributed by atoms with Crippen LogP contribution in [0.2, 0.25) is 0 Å². The molecule has 0 radical (unpaired) electrons. The van der Waals surface area contributed by atoms with E-state index in [4.69, 9.17) is 4.42 Å². The van der Waals surface area contributed by atoms with Gasteiger partial charge < -0.3 is 4.42 Å². The van der Waals surface area contributed by atoms with E-state index in [2.05, 4.69) is 32.6 Å².